The van der Waals surface area contributed by atoms with Crippen molar-refractivity contribution in [1.29, 1.82) is 0 Å². The lowest BCUT2D eigenvalue weighted by Crippen LogP contribution is -2.49. The third-order valence-electron chi connectivity index (χ3n) is 3.91. The summed E-state index contributed by atoms with van der Waals surface area (Å²) in [7, 11) is 0. The molecule has 7 nitrogen and oxygen atoms in total. The zero-order valence-electron chi connectivity index (χ0n) is 14.0. The maximum atomic E-state index is 12.0. The number of amides is 2. The van der Waals surface area contributed by atoms with Crippen LogP contribution in [-0.2, 0) is 4.74 Å². The van der Waals surface area contributed by atoms with Crippen LogP contribution in [0.1, 0.15) is 16.6 Å². The number of hydrogen-bond donors (Lipinski definition) is 1. The number of hydrogen-bond acceptors (Lipinski definition) is 6. The van der Waals surface area contributed by atoms with E-state index in [1.165, 1.54) is 11.3 Å². The Kier molecular flexibility index (Phi) is 5.49. The fourth-order valence-corrected chi connectivity index (χ4v) is 3.21. The van der Waals surface area contributed by atoms with Crippen molar-refractivity contribution in [3.05, 3.63) is 40.7 Å². The molecule has 1 N–H and O–H groups in total. The highest BCUT2D eigenvalue weighted by atomic mass is 32.1. The highest BCUT2D eigenvalue weighted by molar-refractivity contribution is 7.12. The van der Waals surface area contributed by atoms with Gasteiger partial charge in [-0.05, 0) is 30.5 Å². The van der Waals surface area contributed by atoms with Crippen molar-refractivity contribution in [3.63, 3.8) is 0 Å². The first-order valence-corrected chi connectivity index (χ1v) is 9.03. The van der Waals surface area contributed by atoms with Crippen molar-refractivity contribution in [3.8, 4) is 0 Å². The van der Waals surface area contributed by atoms with Crippen molar-refractivity contribution in [2.75, 3.05) is 43.0 Å². The number of carbonyl (C=O) groups is 2. The van der Waals surface area contributed by atoms with E-state index in [0.717, 1.165) is 18.8 Å². The van der Waals surface area contributed by atoms with Crippen LogP contribution in [0.2, 0.25) is 0 Å². The number of piperazine rings is 1. The third kappa shape index (κ3) is 4.27. The molecule has 1 fully saturated rings. The highest BCUT2D eigenvalue weighted by Gasteiger charge is 2.22. The Morgan fingerprint density at radius 2 is 2.04 bits per heavy atom. The number of nitrogens with zero attached hydrogens (tertiary/aromatic N) is 3. The van der Waals surface area contributed by atoms with E-state index in [1.54, 1.807) is 30.2 Å². The minimum atomic E-state index is -0.257. The SMILES string of the molecule is CCOC(=O)N1CCN(c2ccc(NC(=O)c3cccs3)nc2)CC1. The van der Waals surface area contributed by atoms with Crippen LogP contribution < -0.4 is 10.2 Å². The lowest BCUT2D eigenvalue weighted by molar-refractivity contribution is 0.102. The standard InChI is InChI=1S/C17H20N4O3S/c1-2-24-17(23)21-9-7-20(8-10-21)13-5-6-15(18-12-13)19-16(22)14-4-3-11-25-14/h3-6,11-12H,2,7-10H2,1H3,(H,18,19,22). The second-order valence-corrected chi connectivity index (χ2v) is 6.45. The van der Waals surface area contributed by atoms with Gasteiger partial charge in [0, 0.05) is 26.2 Å². The fraction of sp³-hybridized carbons (Fsp3) is 0.353. The largest absolute Gasteiger partial charge is 0.450 e. The summed E-state index contributed by atoms with van der Waals surface area (Å²) in [5, 5.41) is 4.65. The van der Waals surface area contributed by atoms with Gasteiger partial charge in [-0.2, -0.15) is 0 Å². The molecule has 0 atom stereocenters. The first kappa shape index (κ1) is 17.2. The van der Waals surface area contributed by atoms with E-state index in [2.05, 4.69) is 15.2 Å². The van der Waals surface area contributed by atoms with Gasteiger partial charge in [0.05, 0.1) is 23.4 Å². The molecule has 2 aromatic rings. The second kappa shape index (κ2) is 7.98. The molecule has 0 unspecified atom stereocenters. The molecular weight excluding hydrogens is 340 g/mol. The summed E-state index contributed by atoms with van der Waals surface area (Å²) in [5.74, 6) is 0.366. The Hall–Kier alpha value is -2.61. The number of pyridine rings is 1. The lowest BCUT2D eigenvalue weighted by atomic mass is 10.3. The smallest absolute Gasteiger partial charge is 0.409 e. The molecule has 1 aliphatic rings. The molecule has 0 aromatic carbocycles. The molecule has 1 saturated heterocycles. The summed E-state index contributed by atoms with van der Waals surface area (Å²) < 4.78 is 5.02. The molecule has 1 aliphatic heterocycles. The number of nitrogens with one attached hydrogen (secondary N) is 1. The number of rotatable bonds is 4. The Bertz CT molecular complexity index is 710. The minimum Gasteiger partial charge on any atom is -0.450 e. The van der Waals surface area contributed by atoms with Gasteiger partial charge in [-0.3, -0.25) is 4.79 Å². The predicted molar refractivity (Wildman–Crippen MR) is 97.3 cm³/mol. The van der Waals surface area contributed by atoms with Gasteiger partial charge in [0.15, 0.2) is 0 Å². The van der Waals surface area contributed by atoms with Gasteiger partial charge >= 0.3 is 6.09 Å². The van der Waals surface area contributed by atoms with Crippen LogP contribution in [0, 0.1) is 0 Å². The van der Waals surface area contributed by atoms with E-state index < -0.39 is 0 Å². The van der Waals surface area contributed by atoms with Gasteiger partial charge in [-0.1, -0.05) is 6.07 Å². The first-order valence-electron chi connectivity index (χ1n) is 8.15. The topological polar surface area (TPSA) is 74.8 Å². The Morgan fingerprint density at radius 1 is 1.24 bits per heavy atom. The maximum Gasteiger partial charge on any atom is 0.409 e. The van der Waals surface area contributed by atoms with Gasteiger partial charge in [0.2, 0.25) is 0 Å². The van der Waals surface area contributed by atoms with Crippen LogP contribution in [0.5, 0.6) is 0 Å². The Balaban J connectivity index is 1.54. The summed E-state index contributed by atoms with van der Waals surface area (Å²) in [4.78, 5) is 32.6. The van der Waals surface area contributed by atoms with Gasteiger partial charge in [-0.25, -0.2) is 9.78 Å². The van der Waals surface area contributed by atoms with E-state index in [9.17, 15) is 9.59 Å². The van der Waals surface area contributed by atoms with Crippen LogP contribution >= 0.6 is 11.3 Å². The summed E-state index contributed by atoms with van der Waals surface area (Å²) in [6.07, 6.45) is 1.48. The van der Waals surface area contributed by atoms with E-state index in [0.29, 0.717) is 30.4 Å². The first-order chi connectivity index (χ1) is 12.2. The normalized spacial score (nSPS) is 14.3. The molecule has 132 valence electrons. The van der Waals surface area contributed by atoms with E-state index in [1.807, 2.05) is 17.5 Å². The van der Waals surface area contributed by atoms with Crippen LogP contribution in [-0.4, -0.2) is 54.7 Å². The molecule has 25 heavy (non-hydrogen) atoms. The van der Waals surface area contributed by atoms with Gasteiger partial charge in [-0.15, -0.1) is 11.3 Å². The van der Waals surface area contributed by atoms with E-state index >= 15 is 0 Å². The average molecular weight is 360 g/mol. The molecule has 0 spiro atoms. The Morgan fingerprint density at radius 3 is 2.64 bits per heavy atom. The molecule has 8 heteroatoms. The molecular formula is C17H20N4O3S. The number of anilines is 2. The van der Waals surface area contributed by atoms with Crippen LogP contribution in [0.3, 0.4) is 0 Å². The van der Waals surface area contributed by atoms with Crippen LogP contribution in [0.25, 0.3) is 0 Å². The van der Waals surface area contributed by atoms with Crippen LogP contribution in [0.15, 0.2) is 35.8 Å². The van der Waals surface area contributed by atoms with Crippen LogP contribution in [0.4, 0.5) is 16.3 Å². The fourth-order valence-electron chi connectivity index (χ4n) is 2.59. The average Bonchev–Trinajstić information content (AvgIpc) is 3.18. The summed E-state index contributed by atoms with van der Waals surface area (Å²) >= 11 is 1.39. The molecule has 3 heterocycles. The summed E-state index contributed by atoms with van der Waals surface area (Å²) in [5.41, 5.74) is 0.970. The molecule has 2 amide bonds. The van der Waals surface area contributed by atoms with Gasteiger partial charge in [0.25, 0.3) is 5.91 Å². The molecule has 0 saturated carbocycles. The van der Waals surface area contributed by atoms with E-state index in [-0.39, 0.29) is 12.0 Å². The molecule has 0 aliphatic carbocycles. The molecule has 3 rings (SSSR count). The molecule has 2 aromatic heterocycles. The molecule has 0 bridgehead atoms. The Labute approximate surface area is 150 Å². The monoisotopic (exact) mass is 360 g/mol. The second-order valence-electron chi connectivity index (χ2n) is 5.51. The van der Waals surface area contributed by atoms with Crippen molar-refractivity contribution < 1.29 is 14.3 Å². The number of carbonyl (C=O) groups excluding carboxylic acids is 2. The van der Waals surface area contributed by atoms with Crippen molar-refractivity contribution in [2.45, 2.75) is 6.92 Å². The van der Waals surface area contributed by atoms with Gasteiger partial charge < -0.3 is 19.9 Å². The summed E-state index contributed by atoms with van der Waals surface area (Å²) in [6, 6.07) is 7.33. The molecule has 0 radical (unpaired) electrons. The minimum absolute atomic E-state index is 0.154. The third-order valence-corrected chi connectivity index (χ3v) is 4.77. The zero-order valence-corrected chi connectivity index (χ0v) is 14.8. The van der Waals surface area contributed by atoms with Crippen molar-refractivity contribution in [2.24, 2.45) is 0 Å². The quantitative estimate of drug-likeness (QED) is 0.907. The maximum absolute atomic E-state index is 12.0. The number of aromatic nitrogens is 1. The van der Waals surface area contributed by atoms with Gasteiger partial charge in [0.1, 0.15) is 5.82 Å². The predicted octanol–water partition coefficient (Wildman–Crippen LogP) is 2.67. The zero-order chi connectivity index (χ0) is 17.6. The lowest BCUT2D eigenvalue weighted by Gasteiger charge is -2.35. The van der Waals surface area contributed by atoms with Crippen molar-refractivity contribution in [1.82, 2.24) is 9.88 Å². The number of ether oxygens (including phenoxy) is 1. The van der Waals surface area contributed by atoms with Crippen molar-refractivity contribution >= 4 is 34.8 Å². The summed E-state index contributed by atoms with van der Waals surface area (Å²) in [6.45, 7) is 4.88. The highest BCUT2D eigenvalue weighted by Crippen LogP contribution is 2.18. The number of thiophene rings is 1. The van der Waals surface area contributed by atoms with E-state index in [4.69, 9.17) is 4.74 Å².